The largest absolute Gasteiger partial charge is 0.464 e. The molecule has 1 aromatic heterocycles. The number of ether oxygens (including phenoxy) is 1. The zero-order valence-corrected chi connectivity index (χ0v) is 9.75. The van der Waals surface area contributed by atoms with E-state index in [0.717, 1.165) is 11.1 Å². The molecule has 2 rings (SSSR count). The van der Waals surface area contributed by atoms with Gasteiger partial charge in [-0.15, -0.1) is 0 Å². The fourth-order valence-corrected chi connectivity index (χ4v) is 1.59. The molecule has 1 aromatic carbocycles. The molecule has 4 nitrogen and oxygen atoms in total. The minimum absolute atomic E-state index is 0.248. The monoisotopic (exact) mass is 238 g/mol. The number of hydrogen-bond donors (Lipinski definition) is 0. The Morgan fingerprint density at radius 1 is 1.28 bits per heavy atom. The Kier molecular flexibility index (Phi) is 3.35. The molecule has 0 saturated heterocycles. The van der Waals surface area contributed by atoms with Crippen LogP contribution in [0.4, 0.5) is 0 Å². The Labute approximate surface area is 104 Å². The molecule has 0 unspecified atom stereocenters. The van der Waals surface area contributed by atoms with Gasteiger partial charge in [-0.3, -0.25) is 0 Å². The van der Waals surface area contributed by atoms with Crippen LogP contribution in [0.5, 0.6) is 0 Å². The van der Waals surface area contributed by atoms with E-state index in [0.29, 0.717) is 5.56 Å². The van der Waals surface area contributed by atoms with Crippen LogP contribution in [-0.2, 0) is 4.74 Å². The highest BCUT2D eigenvalue weighted by Crippen LogP contribution is 2.20. The van der Waals surface area contributed by atoms with Gasteiger partial charge in [-0.05, 0) is 35.4 Å². The minimum atomic E-state index is -0.478. The second-order valence-electron chi connectivity index (χ2n) is 3.61. The molecule has 0 aliphatic heterocycles. The van der Waals surface area contributed by atoms with Crippen molar-refractivity contribution >= 4 is 5.97 Å². The zero-order valence-electron chi connectivity index (χ0n) is 9.75. The Balaban J connectivity index is 2.45. The average molecular weight is 238 g/mol. The summed E-state index contributed by atoms with van der Waals surface area (Å²) < 4.78 is 4.62. The summed E-state index contributed by atoms with van der Waals surface area (Å²) in [6, 6.07) is 12.7. The number of methoxy groups -OCH3 is 1. The van der Waals surface area contributed by atoms with E-state index in [2.05, 4.69) is 15.8 Å². The van der Waals surface area contributed by atoms with Gasteiger partial charge in [0.15, 0.2) is 0 Å². The Bertz CT molecular complexity index is 630. The van der Waals surface area contributed by atoms with Gasteiger partial charge in [-0.25, -0.2) is 9.78 Å². The van der Waals surface area contributed by atoms with Gasteiger partial charge in [0.2, 0.25) is 0 Å². The number of nitriles is 1. The van der Waals surface area contributed by atoms with E-state index in [-0.39, 0.29) is 5.69 Å². The molecule has 0 spiro atoms. The predicted octanol–water partition coefficient (Wildman–Crippen LogP) is 2.41. The molecular weight excluding hydrogens is 228 g/mol. The number of hydrogen-bond acceptors (Lipinski definition) is 4. The standard InChI is InChI=1S/C14H10N2O2/c1-18-14(17)13-8-12(5-6-16-13)11-4-2-3-10(7-11)9-15/h2-8H,1H3. The lowest BCUT2D eigenvalue weighted by atomic mass is 10.0. The number of aromatic nitrogens is 1. The van der Waals surface area contributed by atoms with Gasteiger partial charge in [-0.1, -0.05) is 12.1 Å². The van der Waals surface area contributed by atoms with E-state index in [9.17, 15) is 4.79 Å². The summed E-state index contributed by atoms with van der Waals surface area (Å²) in [6.07, 6.45) is 1.54. The fraction of sp³-hybridized carbons (Fsp3) is 0.0714. The molecule has 0 aliphatic carbocycles. The second-order valence-corrected chi connectivity index (χ2v) is 3.61. The maximum absolute atomic E-state index is 11.4. The van der Waals surface area contributed by atoms with Crippen LogP contribution < -0.4 is 0 Å². The van der Waals surface area contributed by atoms with Crippen LogP contribution in [0.2, 0.25) is 0 Å². The van der Waals surface area contributed by atoms with Gasteiger partial charge in [0.05, 0.1) is 18.7 Å². The van der Waals surface area contributed by atoms with Crippen molar-refractivity contribution in [1.82, 2.24) is 4.98 Å². The Morgan fingerprint density at radius 2 is 2.06 bits per heavy atom. The van der Waals surface area contributed by atoms with Gasteiger partial charge in [0, 0.05) is 6.20 Å². The van der Waals surface area contributed by atoms with Crippen LogP contribution in [0.1, 0.15) is 16.1 Å². The molecule has 0 bridgehead atoms. The first-order valence-corrected chi connectivity index (χ1v) is 5.29. The molecule has 0 saturated carbocycles. The van der Waals surface area contributed by atoms with Crippen LogP contribution in [0.25, 0.3) is 11.1 Å². The first-order valence-electron chi connectivity index (χ1n) is 5.29. The summed E-state index contributed by atoms with van der Waals surface area (Å²) in [6.45, 7) is 0. The molecule has 0 aliphatic rings. The average Bonchev–Trinajstić information content (AvgIpc) is 2.46. The molecule has 88 valence electrons. The summed E-state index contributed by atoms with van der Waals surface area (Å²) in [5.74, 6) is -0.478. The van der Waals surface area contributed by atoms with E-state index in [1.165, 1.54) is 7.11 Å². The SMILES string of the molecule is COC(=O)c1cc(-c2cccc(C#N)c2)ccn1. The number of carbonyl (C=O) groups is 1. The molecule has 2 aromatic rings. The van der Waals surface area contributed by atoms with Gasteiger partial charge >= 0.3 is 5.97 Å². The summed E-state index contributed by atoms with van der Waals surface area (Å²) in [5.41, 5.74) is 2.50. The molecule has 4 heteroatoms. The van der Waals surface area contributed by atoms with Gasteiger partial charge < -0.3 is 4.74 Å². The third-order valence-corrected chi connectivity index (χ3v) is 2.48. The van der Waals surface area contributed by atoms with Crippen LogP contribution in [0.15, 0.2) is 42.6 Å². The van der Waals surface area contributed by atoms with Crippen LogP contribution in [-0.4, -0.2) is 18.1 Å². The number of nitrogens with zero attached hydrogens (tertiary/aromatic N) is 2. The number of pyridine rings is 1. The smallest absolute Gasteiger partial charge is 0.356 e. The topological polar surface area (TPSA) is 63.0 Å². The summed E-state index contributed by atoms with van der Waals surface area (Å²) in [7, 11) is 1.31. The Hall–Kier alpha value is -2.67. The van der Waals surface area contributed by atoms with E-state index in [4.69, 9.17) is 5.26 Å². The van der Waals surface area contributed by atoms with Crippen molar-refractivity contribution in [3.63, 3.8) is 0 Å². The second kappa shape index (κ2) is 5.11. The molecule has 18 heavy (non-hydrogen) atoms. The predicted molar refractivity (Wildman–Crippen MR) is 65.7 cm³/mol. The van der Waals surface area contributed by atoms with Crippen molar-refractivity contribution in [2.24, 2.45) is 0 Å². The van der Waals surface area contributed by atoms with E-state index >= 15 is 0 Å². The highest BCUT2D eigenvalue weighted by molar-refractivity contribution is 5.88. The summed E-state index contributed by atoms with van der Waals surface area (Å²) >= 11 is 0. The lowest BCUT2D eigenvalue weighted by Crippen LogP contribution is -2.03. The maximum atomic E-state index is 11.4. The van der Waals surface area contributed by atoms with Crippen LogP contribution in [0, 0.1) is 11.3 Å². The van der Waals surface area contributed by atoms with Crippen molar-refractivity contribution < 1.29 is 9.53 Å². The van der Waals surface area contributed by atoms with E-state index < -0.39 is 5.97 Å². The van der Waals surface area contributed by atoms with Crippen molar-refractivity contribution in [2.45, 2.75) is 0 Å². The van der Waals surface area contributed by atoms with Crippen molar-refractivity contribution in [3.8, 4) is 17.2 Å². The minimum Gasteiger partial charge on any atom is -0.464 e. The lowest BCUT2D eigenvalue weighted by molar-refractivity contribution is 0.0594. The number of benzene rings is 1. The third-order valence-electron chi connectivity index (χ3n) is 2.48. The number of rotatable bonds is 2. The lowest BCUT2D eigenvalue weighted by Gasteiger charge is -2.04. The van der Waals surface area contributed by atoms with Gasteiger partial charge in [0.1, 0.15) is 5.69 Å². The van der Waals surface area contributed by atoms with Crippen molar-refractivity contribution in [2.75, 3.05) is 7.11 Å². The third kappa shape index (κ3) is 2.36. The molecule has 0 amide bonds. The van der Waals surface area contributed by atoms with Crippen molar-refractivity contribution in [3.05, 3.63) is 53.9 Å². The number of esters is 1. The molecule has 0 atom stereocenters. The van der Waals surface area contributed by atoms with Gasteiger partial charge in [0.25, 0.3) is 0 Å². The first kappa shape index (κ1) is 11.8. The normalized spacial score (nSPS) is 9.56. The summed E-state index contributed by atoms with van der Waals surface area (Å²) in [5, 5.41) is 8.85. The Morgan fingerprint density at radius 3 is 2.78 bits per heavy atom. The summed E-state index contributed by atoms with van der Waals surface area (Å²) in [4.78, 5) is 15.3. The quantitative estimate of drug-likeness (QED) is 0.753. The highest BCUT2D eigenvalue weighted by Gasteiger charge is 2.08. The molecular formula is C14H10N2O2. The van der Waals surface area contributed by atoms with Crippen LogP contribution in [0.3, 0.4) is 0 Å². The highest BCUT2D eigenvalue weighted by atomic mass is 16.5. The molecule has 0 radical (unpaired) electrons. The van der Waals surface area contributed by atoms with Crippen molar-refractivity contribution in [1.29, 1.82) is 5.26 Å². The van der Waals surface area contributed by atoms with E-state index in [1.54, 1.807) is 36.5 Å². The molecule has 0 fully saturated rings. The number of carbonyl (C=O) groups excluding carboxylic acids is 1. The first-order chi connectivity index (χ1) is 8.74. The zero-order chi connectivity index (χ0) is 13.0. The van der Waals surface area contributed by atoms with Gasteiger partial charge in [-0.2, -0.15) is 5.26 Å². The maximum Gasteiger partial charge on any atom is 0.356 e. The fourth-order valence-electron chi connectivity index (χ4n) is 1.59. The van der Waals surface area contributed by atoms with E-state index in [1.807, 2.05) is 6.07 Å². The van der Waals surface area contributed by atoms with Crippen LogP contribution >= 0.6 is 0 Å². The molecule has 1 heterocycles. The molecule has 0 N–H and O–H groups in total.